The van der Waals surface area contributed by atoms with Crippen molar-refractivity contribution in [2.75, 3.05) is 6.61 Å². The Morgan fingerprint density at radius 3 is 2.16 bits per heavy atom. The average Bonchev–Trinajstić information content (AvgIpc) is 2.78. The van der Waals surface area contributed by atoms with Gasteiger partial charge in [-0.05, 0) is 32.4 Å². The Kier molecular flexibility index (Phi) is 5.63. The van der Waals surface area contributed by atoms with Crippen LogP contribution in [0.2, 0.25) is 0 Å². The standard InChI is InChI=1S/C27H23NO3/c1-17-7-11-20(12-8-17)24-15-23(22-6-4-5-19(3)26(22)28-24)27(30)31-16-25(29)21-13-9-18(2)10-14-21/h4-15H,16H2,1-3H3. The minimum absolute atomic E-state index is 0.235. The van der Waals surface area contributed by atoms with Crippen molar-refractivity contribution in [2.24, 2.45) is 0 Å². The Labute approximate surface area is 181 Å². The number of pyridine rings is 1. The normalized spacial score (nSPS) is 10.8. The molecule has 0 bridgehead atoms. The SMILES string of the molecule is Cc1ccc(C(=O)COC(=O)c2cc(-c3ccc(C)cc3)nc3c(C)cccc23)cc1. The van der Waals surface area contributed by atoms with Gasteiger partial charge in [-0.2, -0.15) is 0 Å². The average molecular weight is 409 g/mol. The van der Waals surface area contributed by atoms with Crippen LogP contribution in [-0.4, -0.2) is 23.3 Å². The van der Waals surface area contributed by atoms with Gasteiger partial charge in [0.25, 0.3) is 0 Å². The first-order valence-corrected chi connectivity index (χ1v) is 10.2. The first-order valence-electron chi connectivity index (χ1n) is 10.2. The van der Waals surface area contributed by atoms with Crippen LogP contribution in [0.15, 0.2) is 72.8 Å². The largest absolute Gasteiger partial charge is 0.454 e. The number of nitrogens with zero attached hydrogens (tertiary/aromatic N) is 1. The molecule has 154 valence electrons. The molecule has 1 heterocycles. The molecule has 0 aliphatic rings. The summed E-state index contributed by atoms with van der Waals surface area (Å²) in [7, 11) is 0. The van der Waals surface area contributed by atoms with Crippen LogP contribution in [0.3, 0.4) is 0 Å². The lowest BCUT2D eigenvalue weighted by atomic mass is 10.0. The first kappa shape index (κ1) is 20.5. The van der Waals surface area contributed by atoms with Crippen molar-refractivity contribution in [1.29, 1.82) is 0 Å². The number of para-hydroxylation sites is 1. The summed E-state index contributed by atoms with van der Waals surface area (Å²) in [5, 5.41) is 0.712. The maximum Gasteiger partial charge on any atom is 0.339 e. The van der Waals surface area contributed by atoms with Crippen LogP contribution in [0.5, 0.6) is 0 Å². The molecule has 0 amide bonds. The zero-order chi connectivity index (χ0) is 22.0. The fraction of sp³-hybridized carbons (Fsp3) is 0.148. The number of esters is 1. The zero-order valence-corrected chi connectivity index (χ0v) is 17.8. The van der Waals surface area contributed by atoms with E-state index >= 15 is 0 Å². The molecular formula is C27H23NO3. The van der Waals surface area contributed by atoms with Crippen LogP contribution in [0.4, 0.5) is 0 Å². The van der Waals surface area contributed by atoms with Gasteiger partial charge in [0.1, 0.15) is 0 Å². The maximum absolute atomic E-state index is 13.0. The lowest BCUT2D eigenvalue weighted by molar-refractivity contribution is 0.0476. The summed E-state index contributed by atoms with van der Waals surface area (Å²) in [6.07, 6.45) is 0. The van der Waals surface area contributed by atoms with Crippen LogP contribution in [0.1, 0.15) is 37.4 Å². The second-order valence-corrected chi connectivity index (χ2v) is 7.76. The minimum Gasteiger partial charge on any atom is -0.454 e. The van der Waals surface area contributed by atoms with E-state index in [9.17, 15) is 9.59 Å². The number of benzene rings is 3. The quantitative estimate of drug-likeness (QED) is 0.306. The number of fused-ring (bicyclic) bond motifs is 1. The third-order valence-electron chi connectivity index (χ3n) is 5.32. The molecule has 0 aliphatic carbocycles. The van der Waals surface area contributed by atoms with Crippen molar-refractivity contribution in [1.82, 2.24) is 4.98 Å². The molecule has 0 atom stereocenters. The summed E-state index contributed by atoms with van der Waals surface area (Å²) in [5.74, 6) is -0.770. The maximum atomic E-state index is 13.0. The minimum atomic E-state index is -0.535. The van der Waals surface area contributed by atoms with Gasteiger partial charge < -0.3 is 4.74 Å². The number of ether oxygens (including phenoxy) is 1. The number of hydrogen-bond donors (Lipinski definition) is 0. The van der Waals surface area contributed by atoms with Gasteiger partial charge in [0, 0.05) is 16.5 Å². The van der Waals surface area contributed by atoms with E-state index in [2.05, 4.69) is 0 Å². The zero-order valence-electron chi connectivity index (χ0n) is 17.8. The van der Waals surface area contributed by atoms with Crippen LogP contribution in [0.25, 0.3) is 22.2 Å². The topological polar surface area (TPSA) is 56.3 Å². The summed E-state index contributed by atoms with van der Waals surface area (Å²) in [4.78, 5) is 30.2. The summed E-state index contributed by atoms with van der Waals surface area (Å²) in [6.45, 7) is 5.63. The highest BCUT2D eigenvalue weighted by molar-refractivity contribution is 6.06. The number of carbonyl (C=O) groups is 2. The van der Waals surface area contributed by atoms with Crippen molar-refractivity contribution >= 4 is 22.7 Å². The van der Waals surface area contributed by atoms with Gasteiger partial charge in [-0.15, -0.1) is 0 Å². The highest BCUT2D eigenvalue weighted by Crippen LogP contribution is 2.27. The van der Waals surface area contributed by atoms with Crippen LogP contribution >= 0.6 is 0 Å². The number of ketones is 1. The number of carbonyl (C=O) groups excluding carboxylic acids is 2. The number of hydrogen-bond acceptors (Lipinski definition) is 4. The fourth-order valence-corrected chi connectivity index (χ4v) is 3.46. The summed E-state index contributed by atoms with van der Waals surface area (Å²) in [6, 6.07) is 22.6. The summed E-state index contributed by atoms with van der Waals surface area (Å²) in [5.41, 5.74) is 6.47. The van der Waals surface area contributed by atoms with Gasteiger partial charge >= 0.3 is 5.97 Å². The van der Waals surface area contributed by atoms with Crippen molar-refractivity contribution in [3.63, 3.8) is 0 Å². The summed E-state index contributed by atoms with van der Waals surface area (Å²) < 4.78 is 5.42. The first-order chi connectivity index (χ1) is 14.9. The van der Waals surface area contributed by atoms with E-state index in [0.717, 1.165) is 27.8 Å². The third kappa shape index (κ3) is 4.38. The highest BCUT2D eigenvalue weighted by Gasteiger charge is 2.18. The predicted molar refractivity (Wildman–Crippen MR) is 122 cm³/mol. The molecule has 0 aliphatic heterocycles. The van der Waals surface area contributed by atoms with Gasteiger partial charge in [0.15, 0.2) is 12.4 Å². The molecule has 4 aromatic rings. The molecule has 4 heteroatoms. The van der Waals surface area contributed by atoms with Gasteiger partial charge in [0.05, 0.1) is 16.8 Å². The molecule has 1 aromatic heterocycles. The third-order valence-corrected chi connectivity index (χ3v) is 5.32. The van der Waals surface area contributed by atoms with E-state index in [0.29, 0.717) is 22.2 Å². The van der Waals surface area contributed by atoms with Crippen molar-refractivity contribution in [3.05, 3.63) is 101 Å². The Hall–Kier alpha value is -3.79. The molecule has 4 nitrogen and oxygen atoms in total. The molecule has 0 saturated carbocycles. The Morgan fingerprint density at radius 1 is 0.839 bits per heavy atom. The summed E-state index contributed by atoms with van der Waals surface area (Å²) >= 11 is 0. The molecule has 0 radical (unpaired) electrons. The lowest BCUT2D eigenvalue weighted by Gasteiger charge is -2.11. The van der Waals surface area contributed by atoms with Gasteiger partial charge in [-0.3, -0.25) is 4.79 Å². The van der Waals surface area contributed by atoms with E-state index in [1.165, 1.54) is 0 Å². The van der Waals surface area contributed by atoms with Crippen LogP contribution < -0.4 is 0 Å². The molecule has 0 N–H and O–H groups in total. The Morgan fingerprint density at radius 2 is 1.48 bits per heavy atom. The van der Waals surface area contributed by atoms with Gasteiger partial charge in [-0.1, -0.05) is 77.9 Å². The highest BCUT2D eigenvalue weighted by atomic mass is 16.5. The van der Waals surface area contributed by atoms with E-state index in [1.54, 1.807) is 18.2 Å². The lowest BCUT2D eigenvalue weighted by Crippen LogP contribution is -2.15. The van der Waals surface area contributed by atoms with E-state index < -0.39 is 5.97 Å². The van der Waals surface area contributed by atoms with E-state index in [1.807, 2.05) is 75.4 Å². The molecule has 3 aromatic carbocycles. The van der Waals surface area contributed by atoms with Crippen molar-refractivity contribution in [3.8, 4) is 11.3 Å². The molecule has 31 heavy (non-hydrogen) atoms. The number of rotatable bonds is 5. The molecular weight excluding hydrogens is 386 g/mol. The molecule has 0 fully saturated rings. The predicted octanol–water partition coefficient (Wildman–Crippen LogP) is 5.87. The molecule has 0 spiro atoms. The van der Waals surface area contributed by atoms with E-state index in [4.69, 9.17) is 9.72 Å². The van der Waals surface area contributed by atoms with Crippen molar-refractivity contribution < 1.29 is 14.3 Å². The van der Waals surface area contributed by atoms with Crippen LogP contribution in [-0.2, 0) is 4.74 Å². The smallest absolute Gasteiger partial charge is 0.339 e. The molecule has 0 saturated heterocycles. The van der Waals surface area contributed by atoms with E-state index in [-0.39, 0.29) is 12.4 Å². The fourth-order valence-electron chi connectivity index (χ4n) is 3.46. The second-order valence-electron chi connectivity index (χ2n) is 7.76. The number of Topliss-reactive ketones (excluding diaryl/α,β-unsaturated/α-hetero) is 1. The van der Waals surface area contributed by atoms with Gasteiger partial charge in [-0.25, -0.2) is 9.78 Å². The van der Waals surface area contributed by atoms with Gasteiger partial charge in [0.2, 0.25) is 0 Å². The number of aromatic nitrogens is 1. The Balaban J connectivity index is 1.67. The second kappa shape index (κ2) is 8.52. The van der Waals surface area contributed by atoms with Crippen LogP contribution in [0, 0.1) is 20.8 Å². The molecule has 0 unspecified atom stereocenters. The number of aryl methyl sites for hydroxylation is 3. The van der Waals surface area contributed by atoms with Crippen molar-refractivity contribution in [2.45, 2.75) is 20.8 Å². The Bertz CT molecular complexity index is 1270. The molecule has 4 rings (SSSR count). The monoisotopic (exact) mass is 409 g/mol.